The summed E-state index contributed by atoms with van der Waals surface area (Å²) < 4.78 is 1.60. The number of aromatic nitrogens is 2. The molecule has 0 spiro atoms. The van der Waals surface area contributed by atoms with E-state index in [2.05, 4.69) is 31.3 Å². The fourth-order valence-electron chi connectivity index (χ4n) is 4.37. The zero-order valence-corrected chi connectivity index (χ0v) is 22.2. The second-order valence-electron chi connectivity index (χ2n) is 9.45. The summed E-state index contributed by atoms with van der Waals surface area (Å²) in [6.07, 6.45) is 0.725. The van der Waals surface area contributed by atoms with Crippen LogP contribution in [0.2, 0.25) is 0 Å². The van der Waals surface area contributed by atoms with E-state index in [-0.39, 0.29) is 17.2 Å². The van der Waals surface area contributed by atoms with Crippen molar-refractivity contribution < 1.29 is 4.79 Å². The summed E-state index contributed by atoms with van der Waals surface area (Å²) in [6, 6.07) is 33.3. The molecule has 0 bridgehead atoms. The lowest BCUT2D eigenvalue weighted by atomic mass is 10.0. The molecule has 0 aliphatic rings. The SMILES string of the molecule is CC(C)c1ccc(-n2c(SCC(=O)Nc3ccccc3Cc3ccccc3)nc3ccccc3c2=O)cc1. The fourth-order valence-corrected chi connectivity index (χ4v) is 5.19. The van der Waals surface area contributed by atoms with Gasteiger partial charge in [-0.15, -0.1) is 0 Å². The Hall–Kier alpha value is -4.16. The molecule has 5 nitrogen and oxygen atoms in total. The van der Waals surface area contributed by atoms with Crippen molar-refractivity contribution in [2.45, 2.75) is 31.3 Å². The highest BCUT2D eigenvalue weighted by molar-refractivity contribution is 7.99. The average molecular weight is 520 g/mol. The fraction of sp³-hybridized carbons (Fsp3) is 0.156. The molecule has 5 rings (SSSR count). The second kappa shape index (κ2) is 11.5. The summed E-state index contributed by atoms with van der Waals surface area (Å²) in [5.41, 5.74) is 5.40. The van der Waals surface area contributed by atoms with Gasteiger partial charge in [-0.2, -0.15) is 0 Å². The third-order valence-electron chi connectivity index (χ3n) is 6.42. The highest BCUT2D eigenvalue weighted by Gasteiger charge is 2.16. The quantitative estimate of drug-likeness (QED) is 0.180. The van der Waals surface area contributed by atoms with Crippen molar-refractivity contribution in [2.75, 3.05) is 11.1 Å². The van der Waals surface area contributed by atoms with Crippen molar-refractivity contribution in [1.82, 2.24) is 9.55 Å². The van der Waals surface area contributed by atoms with E-state index in [0.717, 1.165) is 23.4 Å². The minimum absolute atomic E-state index is 0.120. The number of para-hydroxylation sites is 2. The van der Waals surface area contributed by atoms with Gasteiger partial charge in [0.1, 0.15) is 0 Å². The third kappa shape index (κ3) is 5.71. The Bertz CT molecular complexity index is 1630. The van der Waals surface area contributed by atoms with E-state index in [1.165, 1.54) is 22.9 Å². The normalized spacial score (nSPS) is 11.1. The van der Waals surface area contributed by atoms with Gasteiger partial charge in [-0.1, -0.05) is 98.4 Å². The molecule has 0 atom stereocenters. The van der Waals surface area contributed by atoms with Crippen molar-refractivity contribution in [3.05, 3.63) is 130 Å². The molecule has 1 heterocycles. The topological polar surface area (TPSA) is 64.0 Å². The summed E-state index contributed by atoms with van der Waals surface area (Å²) in [4.78, 5) is 31.4. The monoisotopic (exact) mass is 519 g/mol. The number of nitrogens with zero attached hydrogens (tertiary/aromatic N) is 2. The Morgan fingerprint density at radius 1 is 0.868 bits per heavy atom. The van der Waals surface area contributed by atoms with Gasteiger partial charge in [-0.05, 0) is 59.4 Å². The summed E-state index contributed by atoms with van der Waals surface area (Å²) in [5.74, 6) is 0.353. The molecule has 0 aliphatic heterocycles. The molecular formula is C32H29N3O2S. The van der Waals surface area contributed by atoms with Gasteiger partial charge in [0.05, 0.1) is 22.3 Å². The number of nitrogens with one attached hydrogen (secondary N) is 1. The molecule has 38 heavy (non-hydrogen) atoms. The molecule has 0 radical (unpaired) electrons. The van der Waals surface area contributed by atoms with Gasteiger partial charge in [-0.3, -0.25) is 14.2 Å². The van der Waals surface area contributed by atoms with Crippen LogP contribution in [0.4, 0.5) is 5.69 Å². The molecule has 1 aromatic heterocycles. The van der Waals surface area contributed by atoms with E-state index in [1.54, 1.807) is 10.6 Å². The van der Waals surface area contributed by atoms with Crippen LogP contribution >= 0.6 is 11.8 Å². The summed E-state index contributed by atoms with van der Waals surface area (Å²) in [7, 11) is 0. The molecule has 5 aromatic rings. The largest absolute Gasteiger partial charge is 0.325 e. The van der Waals surface area contributed by atoms with Crippen LogP contribution in [0.15, 0.2) is 113 Å². The average Bonchev–Trinajstić information content (AvgIpc) is 2.94. The number of carbonyl (C=O) groups is 1. The lowest BCUT2D eigenvalue weighted by molar-refractivity contribution is -0.113. The van der Waals surface area contributed by atoms with Crippen molar-refractivity contribution in [3.63, 3.8) is 0 Å². The predicted molar refractivity (Wildman–Crippen MR) is 156 cm³/mol. The van der Waals surface area contributed by atoms with E-state index in [9.17, 15) is 9.59 Å². The second-order valence-corrected chi connectivity index (χ2v) is 10.4. The van der Waals surface area contributed by atoms with E-state index < -0.39 is 0 Å². The van der Waals surface area contributed by atoms with E-state index in [4.69, 9.17) is 4.98 Å². The van der Waals surface area contributed by atoms with Crippen LogP contribution in [0, 0.1) is 0 Å². The Morgan fingerprint density at radius 3 is 2.32 bits per heavy atom. The van der Waals surface area contributed by atoms with E-state index in [1.807, 2.05) is 84.9 Å². The molecule has 0 unspecified atom stereocenters. The number of amides is 1. The smallest absolute Gasteiger partial charge is 0.266 e. The van der Waals surface area contributed by atoms with Gasteiger partial charge >= 0.3 is 0 Å². The molecule has 4 aromatic carbocycles. The first-order valence-electron chi connectivity index (χ1n) is 12.7. The van der Waals surface area contributed by atoms with Gasteiger partial charge in [0.2, 0.25) is 5.91 Å². The van der Waals surface area contributed by atoms with Crippen LogP contribution < -0.4 is 10.9 Å². The molecule has 0 fully saturated rings. The summed E-state index contributed by atoms with van der Waals surface area (Å²) in [5, 5.41) is 4.09. The molecule has 190 valence electrons. The van der Waals surface area contributed by atoms with E-state index >= 15 is 0 Å². The van der Waals surface area contributed by atoms with Gasteiger partial charge in [0, 0.05) is 5.69 Å². The van der Waals surface area contributed by atoms with Crippen LogP contribution in [-0.4, -0.2) is 21.2 Å². The van der Waals surface area contributed by atoms with Gasteiger partial charge in [0.25, 0.3) is 5.56 Å². The van der Waals surface area contributed by atoms with E-state index in [0.29, 0.717) is 22.0 Å². The Morgan fingerprint density at radius 2 is 1.55 bits per heavy atom. The van der Waals surface area contributed by atoms with Gasteiger partial charge < -0.3 is 5.32 Å². The number of rotatable bonds is 8. The number of fused-ring (bicyclic) bond motifs is 1. The van der Waals surface area contributed by atoms with Crippen molar-refractivity contribution in [3.8, 4) is 5.69 Å². The first kappa shape index (κ1) is 25.5. The highest BCUT2D eigenvalue weighted by atomic mass is 32.2. The highest BCUT2D eigenvalue weighted by Crippen LogP contribution is 2.24. The number of anilines is 1. The molecule has 1 amide bonds. The zero-order chi connectivity index (χ0) is 26.5. The van der Waals surface area contributed by atoms with Crippen molar-refractivity contribution in [1.29, 1.82) is 0 Å². The van der Waals surface area contributed by atoms with Crippen molar-refractivity contribution in [2.24, 2.45) is 0 Å². The number of carbonyl (C=O) groups excluding carboxylic acids is 1. The summed E-state index contributed by atoms with van der Waals surface area (Å²) in [6.45, 7) is 4.27. The summed E-state index contributed by atoms with van der Waals surface area (Å²) >= 11 is 1.26. The molecular weight excluding hydrogens is 490 g/mol. The van der Waals surface area contributed by atoms with Crippen LogP contribution in [0.5, 0.6) is 0 Å². The molecule has 0 saturated heterocycles. The van der Waals surface area contributed by atoms with Crippen LogP contribution in [0.1, 0.15) is 36.5 Å². The van der Waals surface area contributed by atoms with Gasteiger partial charge in [0.15, 0.2) is 5.16 Å². The Kier molecular flexibility index (Phi) is 7.70. The molecule has 0 saturated carbocycles. The lowest BCUT2D eigenvalue weighted by Crippen LogP contribution is -2.23. The maximum Gasteiger partial charge on any atom is 0.266 e. The molecule has 1 N–H and O–H groups in total. The minimum Gasteiger partial charge on any atom is -0.325 e. The standard InChI is InChI=1S/C32H29N3O2S/c1-22(2)24-16-18-26(19-17-24)35-31(37)27-13-7-9-15-29(27)34-32(35)38-21-30(36)33-28-14-8-6-12-25(28)20-23-10-4-3-5-11-23/h3-19,22H,20-21H2,1-2H3,(H,33,36). The lowest BCUT2D eigenvalue weighted by Gasteiger charge is -2.15. The molecule has 0 aliphatic carbocycles. The van der Waals surface area contributed by atoms with Crippen LogP contribution in [0.25, 0.3) is 16.6 Å². The minimum atomic E-state index is -0.153. The first-order valence-corrected chi connectivity index (χ1v) is 13.6. The van der Waals surface area contributed by atoms with Crippen LogP contribution in [-0.2, 0) is 11.2 Å². The number of benzene rings is 4. The predicted octanol–water partition coefficient (Wildman–Crippen LogP) is 6.83. The Labute approximate surface area is 226 Å². The Balaban J connectivity index is 1.40. The molecule has 6 heteroatoms. The maximum absolute atomic E-state index is 13.5. The third-order valence-corrected chi connectivity index (χ3v) is 7.36. The number of thioether (sulfide) groups is 1. The number of hydrogen-bond donors (Lipinski definition) is 1. The van der Waals surface area contributed by atoms with Gasteiger partial charge in [-0.25, -0.2) is 4.98 Å². The zero-order valence-electron chi connectivity index (χ0n) is 21.4. The number of hydrogen-bond acceptors (Lipinski definition) is 4. The maximum atomic E-state index is 13.5. The first-order chi connectivity index (χ1) is 18.5. The van der Waals surface area contributed by atoms with Crippen molar-refractivity contribution >= 4 is 34.3 Å². The van der Waals surface area contributed by atoms with Crippen LogP contribution in [0.3, 0.4) is 0 Å².